The van der Waals surface area contributed by atoms with Crippen molar-refractivity contribution >= 4 is 20.9 Å². The average Bonchev–Trinajstić information content (AvgIpc) is 2.80. The van der Waals surface area contributed by atoms with Crippen LogP contribution < -0.4 is 5.32 Å². The highest BCUT2D eigenvalue weighted by molar-refractivity contribution is 7.90. The molecule has 2 atom stereocenters. The molecule has 0 saturated carbocycles. The first-order valence-electron chi connectivity index (χ1n) is 6.77. The van der Waals surface area contributed by atoms with Crippen LogP contribution in [0, 0.1) is 5.92 Å². The van der Waals surface area contributed by atoms with Crippen LogP contribution in [0.2, 0.25) is 0 Å². The number of fused-ring (bicyclic) bond motifs is 1. The van der Waals surface area contributed by atoms with Gasteiger partial charge in [0.15, 0.2) is 15.4 Å². The minimum atomic E-state index is -3.22. The van der Waals surface area contributed by atoms with Crippen LogP contribution in [0.1, 0.15) is 31.7 Å². The lowest BCUT2D eigenvalue weighted by molar-refractivity contribution is 0.287. The van der Waals surface area contributed by atoms with Gasteiger partial charge < -0.3 is 9.73 Å². The molecule has 2 aromatic rings. The van der Waals surface area contributed by atoms with E-state index in [1.54, 1.807) is 18.2 Å². The second-order valence-corrected chi connectivity index (χ2v) is 7.61. The Kier molecular flexibility index (Phi) is 3.30. The molecule has 0 spiro atoms. The van der Waals surface area contributed by atoms with E-state index in [9.17, 15) is 8.42 Å². The van der Waals surface area contributed by atoms with Crippen LogP contribution in [0.5, 0.6) is 0 Å². The maximum Gasteiger partial charge on any atom is 0.212 e. The number of nitrogens with zero attached hydrogens (tertiary/aromatic N) is 1. The SMILES string of the molecule is CC1CCNC(c2nc3cc(S(C)(=O)=O)ccc3o2)C1. The minimum Gasteiger partial charge on any atom is -0.439 e. The first-order chi connectivity index (χ1) is 9.43. The highest BCUT2D eigenvalue weighted by Crippen LogP contribution is 2.29. The molecule has 1 aliphatic rings. The molecule has 2 unspecified atom stereocenters. The molecular weight excluding hydrogens is 276 g/mol. The molecule has 0 bridgehead atoms. The van der Waals surface area contributed by atoms with Gasteiger partial charge in [-0.1, -0.05) is 6.92 Å². The van der Waals surface area contributed by atoms with Crippen molar-refractivity contribution in [3.8, 4) is 0 Å². The summed E-state index contributed by atoms with van der Waals surface area (Å²) in [7, 11) is -3.22. The lowest BCUT2D eigenvalue weighted by Gasteiger charge is -2.25. The molecule has 1 saturated heterocycles. The van der Waals surface area contributed by atoms with E-state index in [4.69, 9.17) is 4.42 Å². The largest absolute Gasteiger partial charge is 0.439 e. The Hall–Kier alpha value is -1.40. The molecule has 6 heteroatoms. The zero-order chi connectivity index (χ0) is 14.3. The molecule has 1 N–H and O–H groups in total. The van der Waals surface area contributed by atoms with Crippen LogP contribution in [-0.2, 0) is 9.84 Å². The van der Waals surface area contributed by atoms with Gasteiger partial charge in [0.1, 0.15) is 5.52 Å². The fourth-order valence-corrected chi connectivity index (χ4v) is 3.24. The molecule has 5 nitrogen and oxygen atoms in total. The van der Waals surface area contributed by atoms with Gasteiger partial charge in [0, 0.05) is 6.26 Å². The number of oxazole rings is 1. The van der Waals surface area contributed by atoms with Gasteiger partial charge in [-0.3, -0.25) is 0 Å². The van der Waals surface area contributed by atoms with Crippen LogP contribution in [0.3, 0.4) is 0 Å². The Bertz CT molecular complexity index is 736. The molecule has 1 aliphatic heterocycles. The van der Waals surface area contributed by atoms with Crippen molar-refractivity contribution in [3.63, 3.8) is 0 Å². The van der Waals surface area contributed by atoms with Crippen molar-refractivity contribution in [2.24, 2.45) is 5.92 Å². The Morgan fingerprint density at radius 2 is 2.20 bits per heavy atom. The number of benzene rings is 1. The van der Waals surface area contributed by atoms with Crippen LogP contribution >= 0.6 is 0 Å². The molecule has 1 aromatic heterocycles. The van der Waals surface area contributed by atoms with Crippen LogP contribution in [0.4, 0.5) is 0 Å². The third-order valence-corrected chi connectivity index (χ3v) is 4.88. The second kappa shape index (κ2) is 4.86. The Morgan fingerprint density at radius 1 is 1.40 bits per heavy atom. The molecule has 108 valence electrons. The fraction of sp³-hybridized carbons (Fsp3) is 0.500. The van der Waals surface area contributed by atoms with Crippen LogP contribution in [0.25, 0.3) is 11.1 Å². The third kappa shape index (κ3) is 2.58. The van der Waals surface area contributed by atoms with Crippen LogP contribution in [0.15, 0.2) is 27.5 Å². The van der Waals surface area contributed by atoms with Gasteiger partial charge in [-0.15, -0.1) is 0 Å². The lowest BCUT2D eigenvalue weighted by Crippen LogP contribution is -2.30. The molecule has 0 amide bonds. The number of piperidine rings is 1. The zero-order valence-electron chi connectivity index (χ0n) is 11.6. The molecule has 3 rings (SSSR count). The van der Waals surface area contributed by atoms with Gasteiger partial charge in [0.2, 0.25) is 5.89 Å². The van der Waals surface area contributed by atoms with Crippen molar-refractivity contribution in [2.45, 2.75) is 30.7 Å². The quantitative estimate of drug-likeness (QED) is 0.920. The monoisotopic (exact) mass is 294 g/mol. The molecule has 1 fully saturated rings. The fourth-order valence-electron chi connectivity index (χ4n) is 2.60. The Balaban J connectivity index is 1.98. The van der Waals surface area contributed by atoms with Crippen molar-refractivity contribution in [3.05, 3.63) is 24.1 Å². The van der Waals surface area contributed by atoms with E-state index in [0.717, 1.165) is 19.4 Å². The smallest absolute Gasteiger partial charge is 0.212 e. The molecule has 1 aromatic carbocycles. The average molecular weight is 294 g/mol. The second-order valence-electron chi connectivity index (χ2n) is 5.59. The summed E-state index contributed by atoms with van der Waals surface area (Å²) in [5, 5.41) is 3.40. The predicted molar refractivity (Wildman–Crippen MR) is 76.3 cm³/mol. The van der Waals surface area contributed by atoms with Gasteiger partial charge in [-0.25, -0.2) is 13.4 Å². The number of aromatic nitrogens is 1. The lowest BCUT2D eigenvalue weighted by atomic mass is 9.94. The summed E-state index contributed by atoms with van der Waals surface area (Å²) in [5.74, 6) is 1.29. The topological polar surface area (TPSA) is 72.2 Å². The Morgan fingerprint density at radius 3 is 2.90 bits per heavy atom. The molecule has 0 aliphatic carbocycles. The number of sulfone groups is 1. The summed E-state index contributed by atoms with van der Waals surface area (Å²) in [4.78, 5) is 4.72. The molecular formula is C14H18N2O3S. The summed E-state index contributed by atoms with van der Waals surface area (Å²) in [6.07, 6.45) is 3.35. The molecule has 0 radical (unpaired) electrons. The van der Waals surface area contributed by atoms with E-state index < -0.39 is 9.84 Å². The maximum atomic E-state index is 11.6. The van der Waals surface area contributed by atoms with Gasteiger partial charge >= 0.3 is 0 Å². The zero-order valence-corrected chi connectivity index (χ0v) is 12.4. The van der Waals surface area contributed by atoms with Gasteiger partial charge in [-0.2, -0.15) is 0 Å². The predicted octanol–water partition coefficient (Wildman–Crippen LogP) is 2.29. The van der Waals surface area contributed by atoms with E-state index >= 15 is 0 Å². The van der Waals surface area contributed by atoms with Crippen LogP contribution in [-0.4, -0.2) is 26.2 Å². The maximum absolute atomic E-state index is 11.6. The van der Waals surface area contributed by atoms with E-state index in [-0.39, 0.29) is 10.9 Å². The van der Waals surface area contributed by atoms with E-state index in [0.29, 0.717) is 22.9 Å². The third-order valence-electron chi connectivity index (χ3n) is 3.77. The highest BCUT2D eigenvalue weighted by atomic mass is 32.2. The van der Waals surface area contributed by atoms with E-state index in [1.807, 2.05) is 0 Å². The van der Waals surface area contributed by atoms with Gasteiger partial charge in [0.25, 0.3) is 0 Å². The number of hydrogen-bond acceptors (Lipinski definition) is 5. The summed E-state index contributed by atoms with van der Waals surface area (Å²) in [6, 6.07) is 4.93. The van der Waals surface area contributed by atoms with Crippen molar-refractivity contribution < 1.29 is 12.8 Å². The Labute approximate surface area is 118 Å². The number of nitrogens with one attached hydrogen (secondary N) is 1. The van der Waals surface area contributed by atoms with Crippen molar-refractivity contribution in [1.29, 1.82) is 0 Å². The van der Waals surface area contributed by atoms with Crippen molar-refractivity contribution in [1.82, 2.24) is 10.3 Å². The number of rotatable bonds is 2. The van der Waals surface area contributed by atoms with E-state index in [1.165, 1.54) is 6.26 Å². The van der Waals surface area contributed by atoms with E-state index in [2.05, 4.69) is 17.2 Å². The molecule has 2 heterocycles. The van der Waals surface area contributed by atoms with Gasteiger partial charge in [0.05, 0.1) is 10.9 Å². The molecule has 20 heavy (non-hydrogen) atoms. The van der Waals surface area contributed by atoms with Gasteiger partial charge in [-0.05, 0) is 43.5 Å². The normalized spacial score (nSPS) is 24.1. The summed E-state index contributed by atoms with van der Waals surface area (Å²) in [5.41, 5.74) is 1.23. The first kappa shape index (κ1) is 13.6. The summed E-state index contributed by atoms with van der Waals surface area (Å²) >= 11 is 0. The highest BCUT2D eigenvalue weighted by Gasteiger charge is 2.24. The summed E-state index contributed by atoms with van der Waals surface area (Å²) < 4.78 is 28.9. The number of hydrogen-bond donors (Lipinski definition) is 1. The van der Waals surface area contributed by atoms with Crippen molar-refractivity contribution in [2.75, 3.05) is 12.8 Å². The first-order valence-corrected chi connectivity index (χ1v) is 8.66. The summed E-state index contributed by atoms with van der Waals surface area (Å²) in [6.45, 7) is 3.18. The minimum absolute atomic E-state index is 0.118. The standard InChI is InChI=1S/C14H18N2O3S/c1-9-5-6-15-12(7-9)14-16-11-8-10(20(2,17)18)3-4-13(11)19-14/h3-4,8-9,12,15H,5-7H2,1-2H3.